The summed E-state index contributed by atoms with van der Waals surface area (Å²) in [5.41, 5.74) is 7.72. The van der Waals surface area contributed by atoms with Gasteiger partial charge in [-0.05, 0) is 37.3 Å². The molecule has 0 spiro atoms. The van der Waals surface area contributed by atoms with Gasteiger partial charge in [0, 0.05) is 12.1 Å². The van der Waals surface area contributed by atoms with Gasteiger partial charge >= 0.3 is 0 Å². The van der Waals surface area contributed by atoms with Gasteiger partial charge in [0.25, 0.3) is 0 Å². The third-order valence-electron chi connectivity index (χ3n) is 3.36. The van der Waals surface area contributed by atoms with E-state index < -0.39 is 0 Å². The van der Waals surface area contributed by atoms with Crippen LogP contribution in [-0.4, -0.2) is 18.0 Å². The number of amides is 1. The van der Waals surface area contributed by atoms with Crippen LogP contribution in [0.3, 0.4) is 0 Å². The first kappa shape index (κ1) is 15.7. The van der Waals surface area contributed by atoms with Crippen LogP contribution in [-0.2, 0) is 11.2 Å². The Labute approximate surface area is 116 Å². The third-order valence-corrected chi connectivity index (χ3v) is 3.36. The molecule has 0 fully saturated rings. The Hall–Kier alpha value is -1.35. The van der Waals surface area contributed by atoms with Gasteiger partial charge in [0.05, 0.1) is 6.42 Å². The van der Waals surface area contributed by atoms with Crippen molar-refractivity contribution in [2.24, 2.45) is 11.7 Å². The van der Waals surface area contributed by atoms with E-state index in [9.17, 15) is 4.79 Å². The number of hydrogen-bond acceptors (Lipinski definition) is 2. The highest BCUT2D eigenvalue weighted by Gasteiger charge is 2.25. The predicted octanol–water partition coefficient (Wildman–Crippen LogP) is 2.42. The molecular formula is C16H26N2O. The Morgan fingerprint density at radius 2 is 2.00 bits per heavy atom. The Morgan fingerprint density at radius 3 is 2.53 bits per heavy atom. The van der Waals surface area contributed by atoms with Crippen molar-refractivity contribution >= 4 is 5.91 Å². The van der Waals surface area contributed by atoms with Crippen molar-refractivity contribution in [1.82, 2.24) is 5.32 Å². The quantitative estimate of drug-likeness (QED) is 0.827. The van der Waals surface area contributed by atoms with Gasteiger partial charge in [-0.15, -0.1) is 0 Å². The molecule has 3 heteroatoms. The number of nitrogens with two attached hydrogens (primary N) is 1. The highest BCUT2D eigenvalue weighted by atomic mass is 16.1. The SMILES string of the molecule is Cc1ccccc1CC(=O)NC(C)(CN)CC(C)C. The molecule has 1 unspecified atom stereocenters. The van der Waals surface area contributed by atoms with E-state index >= 15 is 0 Å². The fraction of sp³-hybridized carbons (Fsp3) is 0.562. The lowest BCUT2D eigenvalue weighted by molar-refractivity contribution is -0.122. The molecule has 3 nitrogen and oxygen atoms in total. The lowest BCUT2D eigenvalue weighted by atomic mass is 9.90. The first-order chi connectivity index (χ1) is 8.86. The van der Waals surface area contributed by atoms with Crippen LogP contribution in [0.2, 0.25) is 0 Å². The van der Waals surface area contributed by atoms with E-state index in [0.717, 1.165) is 17.5 Å². The molecule has 0 saturated heterocycles. The summed E-state index contributed by atoms with van der Waals surface area (Å²) in [4.78, 5) is 12.2. The second-order valence-electron chi connectivity index (χ2n) is 6.01. The van der Waals surface area contributed by atoms with Crippen molar-refractivity contribution in [3.05, 3.63) is 35.4 Å². The van der Waals surface area contributed by atoms with Crippen LogP contribution >= 0.6 is 0 Å². The molecule has 1 amide bonds. The number of rotatable bonds is 6. The summed E-state index contributed by atoms with van der Waals surface area (Å²) in [5, 5.41) is 3.09. The fourth-order valence-electron chi connectivity index (χ4n) is 2.45. The van der Waals surface area contributed by atoms with E-state index in [1.807, 2.05) is 38.1 Å². The standard InChI is InChI=1S/C16H26N2O/c1-12(2)10-16(4,11-17)18-15(19)9-14-8-6-5-7-13(14)3/h5-8,12H,9-11,17H2,1-4H3,(H,18,19). The number of aryl methyl sites for hydroxylation is 1. The molecule has 3 N–H and O–H groups in total. The van der Waals surface area contributed by atoms with Gasteiger partial charge in [-0.25, -0.2) is 0 Å². The number of nitrogens with one attached hydrogen (secondary N) is 1. The summed E-state index contributed by atoms with van der Waals surface area (Å²) in [6.07, 6.45) is 1.31. The van der Waals surface area contributed by atoms with Gasteiger partial charge in [-0.1, -0.05) is 38.1 Å². The van der Waals surface area contributed by atoms with Crippen LogP contribution in [0.5, 0.6) is 0 Å². The highest BCUT2D eigenvalue weighted by molar-refractivity contribution is 5.79. The van der Waals surface area contributed by atoms with E-state index in [1.165, 1.54) is 0 Å². The molecule has 1 aromatic rings. The lowest BCUT2D eigenvalue weighted by Crippen LogP contribution is -2.52. The first-order valence-electron chi connectivity index (χ1n) is 6.92. The van der Waals surface area contributed by atoms with Crippen LogP contribution in [0.25, 0.3) is 0 Å². The molecule has 0 bridgehead atoms. The predicted molar refractivity (Wildman–Crippen MR) is 79.9 cm³/mol. The molecule has 0 aliphatic carbocycles. The van der Waals surface area contributed by atoms with E-state index in [4.69, 9.17) is 5.73 Å². The minimum Gasteiger partial charge on any atom is -0.349 e. The Kier molecular flexibility index (Phi) is 5.55. The average molecular weight is 262 g/mol. The molecule has 0 aliphatic rings. The maximum atomic E-state index is 12.2. The topological polar surface area (TPSA) is 55.1 Å². The maximum Gasteiger partial charge on any atom is 0.224 e. The molecule has 0 aliphatic heterocycles. The van der Waals surface area contributed by atoms with Gasteiger partial charge < -0.3 is 11.1 Å². The van der Waals surface area contributed by atoms with Crippen LogP contribution in [0, 0.1) is 12.8 Å². The Morgan fingerprint density at radius 1 is 1.37 bits per heavy atom. The van der Waals surface area contributed by atoms with E-state index in [1.54, 1.807) is 0 Å². The normalized spacial score (nSPS) is 14.2. The maximum absolute atomic E-state index is 12.2. The van der Waals surface area contributed by atoms with Gasteiger partial charge in [0.15, 0.2) is 0 Å². The highest BCUT2D eigenvalue weighted by Crippen LogP contribution is 2.16. The summed E-state index contributed by atoms with van der Waals surface area (Å²) >= 11 is 0. The van der Waals surface area contributed by atoms with Crippen LogP contribution < -0.4 is 11.1 Å². The molecule has 0 saturated carbocycles. The number of carbonyl (C=O) groups is 1. The van der Waals surface area contributed by atoms with Crippen LogP contribution in [0.4, 0.5) is 0 Å². The van der Waals surface area contributed by atoms with Gasteiger partial charge in [0.1, 0.15) is 0 Å². The van der Waals surface area contributed by atoms with Crippen molar-refractivity contribution in [2.45, 2.75) is 46.1 Å². The van der Waals surface area contributed by atoms with Crippen molar-refractivity contribution in [1.29, 1.82) is 0 Å². The largest absolute Gasteiger partial charge is 0.349 e. The van der Waals surface area contributed by atoms with E-state index in [-0.39, 0.29) is 11.4 Å². The minimum absolute atomic E-state index is 0.0444. The molecule has 106 valence electrons. The monoisotopic (exact) mass is 262 g/mol. The smallest absolute Gasteiger partial charge is 0.224 e. The zero-order chi connectivity index (χ0) is 14.5. The summed E-state index contributed by atoms with van der Waals surface area (Å²) in [6, 6.07) is 7.97. The molecule has 0 aromatic heterocycles. The molecule has 1 aromatic carbocycles. The van der Waals surface area contributed by atoms with E-state index in [0.29, 0.717) is 18.9 Å². The molecule has 1 atom stereocenters. The van der Waals surface area contributed by atoms with Gasteiger partial charge in [-0.2, -0.15) is 0 Å². The van der Waals surface area contributed by atoms with Crippen molar-refractivity contribution in [3.63, 3.8) is 0 Å². The number of benzene rings is 1. The lowest BCUT2D eigenvalue weighted by Gasteiger charge is -2.31. The van der Waals surface area contributed by atoms with Gasteiger partial charge in [-0.3, -0.25) is 4.79 Å². The summed E-state index contributed by atoms with van der Waals surface area (Å²) in [5.74, 6) is 0.551. The summed E-state index contributed by atoms with van der Waals surface area (Å²) < 4.78 is 0. The second kappa shape index (κ2) is 6.71. The van der Waals surface area contributed by atoms with Crippen LogP contribution in [0.15, 0.2) is 24.3 Å². The molecule has 1 rings (SSSR count). The zero-order valence-corrected chi connectivity index (χ0v) is 12.5. The molecule has 0 radical (unpaired) electrons. The molecular weight excluding hydrogens is 236 g/mol. The minimum atomic E-state index is -0.312. The van der Waals surface area contributed by atoms with Crippen molar-refractivity contribution < 1.29 is 4.79 Å². The number of hydrogen-bond donors (Lipinski definition) is 2. The molecule has 19 heavy (non-hydrogen) atoms. The van der Waals surface area contributed by atoms with Crippen LogP contribution in [0.1, 0.15) is 38.3 Å². The third kappa shape index (κ3) is 5.03. The fourth-order valence-corrected chi connectivity index (χ4v) is 2.45. The van der Waals surface area contributed by atoms with Crippen molar-refractivity contribution in [3.8, 4) is 0 Å². The average Bonchev–Trinajstić information content (AvgIpc) is 2.31. The van der Waals surface area contributed by atoms with Crippen molar-refractivity contribution in [2.75, 3.05) is 6.54 Å². The first-order valence-corrected chi connectivity index (χ1v) is 6.92. The van der Waals surface area contributed by atoms with E-state index in [2.05, 4.69) is 19.2 Å². The zero-order valence-electron chi connectivity index (χ0n) is 12.5. The summed E-state index contributed by atoms with van der Waals surface area (Å²) in [7, 11) is 0. The Balaban J connectivity index is 2.66. The second-order valence-corrected chi connectivity index (χ2v) is 6.01. The summed E-state index contributed by atoms with van der Waals surface area (Å²) in [6.45, 7) is 8.79. The molecule has 0 heterocycles. The number of carbonyl (C=O) groups excluding carboxylic acids is 1. The Bertz CT molecular complexity index is 429. The van der Waals surface area contributed by atoms with Gasteiger partial charge in [0.2, 0.25) is 5.91 Å².